The molecule has 0 spiro atoms. The molecule has 3 rings (SSSR count). The summed E-state index contributed by atoms with van der Waals surface area (Å²) in [5.41, 5.74) is 5.83. The first-order valence-corrected chi connectivity index (χ1v) is 8.83. The van der Waals surface area contributed by atoms with Crippen molar-refractivity contribution in [2.24, 2.45) is 11.6 Å². The largest absolute Gasteiger partial charge is 0.403 e. The van der Waals surface area contributed by atoms with Gasteiger partial charge in [0, 0.05) is 43.5 Å². The molecule has 4 N–H and O–H groups in total. The smallest absolute Gasteiger partial charge is 0.251 e. The third-order valence-corrected chi connectivity index (χ3v) is 5.06. The van der Waals surface area contributed by atoms with Crippen molar-refractivity contribution >= 4 is 16.5 Å². The third-order valence-electron chi connectivity index (χ3n) is 5.06. The van der Waals surface area contributed by atoms with E-state index in [-0.39, 0.29) is 19.4 Å². The van der Waals surface area contributed by atoms with Crippen molar-refractivity contribution in [3.05, 3.63) is 47.9 Å². The van der Waals surface area contributed by atoms with Gasteiger partial charge in [0.2, 0.25) is 0 Å². The van der Waals surface area contributed by atoms with Gasteiger partial charge in [-0.25, -0.2) is 19.0 Å². The van der Waals surface area contributed by atoms with Crippen molar-refractivity contribution in [1.82, 2.24) is 14.9 Å². The number of hydrazine groups is 1. The van der Waals surface area contributed by atoms with E-state index in [0.29, 0.717) is 24.5 Å². The van der Waals surface area contributed by atoms with Crippen molar-refractivity contribution in [1.29, 1.82) is 0 Å². The summed E-state index contributed by atoms with van der Waals surface area (Å²) >= 11 is 0. The molecule has 0 amide bonds. The highest BCUT2D eigenvalue weighted by molar-refractivity contribution is 5.85. The lowest BCUT2D eigenvalue weighted by Gasteiger charge is -2.35. The number of halogens is 3. The van der Waals surface area contributed by atoms with Gasteiger partial charge in [-0.1, -0.05) is 12.1 Å². The summed E-state index contributed by atoms with van der Waals surface area (Å²) in [4.78, 5) is 5.90. The van der Waals surface area contributed by atoms with E-state index in [1.165, 1.54) is 11.2 Å². The monoisotopic (exact) mass is 379 g/mol. The molecule has 146 valence electrons. The molecule has 2 aromatic rings. The summed E-state index contributed by atoms with van der Waals surface area (Å²) in [5, 5.41) is 3.11. The van der Waals surface area contributed by atoms with Gasteiger partial charge in [0.15, 0.2) is 5.67 Å². The molecule has 5 nitrogen and oxygen atoms in total. The van der Waals surface area contributed by atoms with Gasteiger partial charge < -0.3 is 10.7 Å². The number of aromatic nitrogens is 1. The molecule has 27 heavy (non-hydrogen) atoms. The molecule has 1 aromatic carbocycles. The highest BCUT2D eigenvalue weighted by Crippen LogP contribution is 2.37. The average molecular weight is 379 g/mol. The van der Waals surface area contributed by atoms with E-state index in [1.807, 2.05) is 18.2 Å². The zero-order chi connectivity index (χ0) is 19.6. The zero-order valence-electron chi connectivity index (χ0n) is 15.2. The molecular formula is C19H24F3N5. The van der Waals surface area contributed by atoms with E-state index < -0.39 is 12.1 Å². The predicted molar refractivity (Wildman–Crippen MR) is 100 cm³/mol. The van der Waals surface area contributed by atoms with Crippen molar-refractivity contribution in [3.8, 4) is 0 Å². The number of nitrogens with zero attached hydrogens (tertiary/aromatic N) is 3. The van der Waals surface area contributed by atoms with Crippen LogP contribution in [0.2, 0.25) is 0 Å². The fraction of sp³-hybridized carbons (Fsp3) is 0.421. The molecule has 0 saturated carbocycles. The molecule has 1 aliphatic rings. The van der Waals surface area contributed by atoms with Gasteiger partial charge in [0.05, 0.1) is 17.9 Å². The number of benzene rings is 1. The molecule has 1 aliphatic heterocycles. The van der Waals surface area contributed by atoms with Crippen LogP contribution in [-0.4, -0.2) is 48.0 Å². The second kappa shape index (κ2) is 7.74. The Morgan fingerprint density at radius 1 is 1.30 bits per heavy atom. The van der Waals surface area contributed by atoms with Crippen LogP contribution in [0.1, 0.15) is 24.1 Å². The molecular weight excluding hydrogens is 355 g/mol. The lowest BCUT2D eigenvalue weighted by Crippen LogP contribution is -2.42. The van der Waals surface area contributed by atoms with Gasteiger partial charge >= 0.3 is 0 Å². The standard InChI is InChI=1S/C19H24F3N5/c1-26(24)16(10-23)13-2-3-14-11-25-17(9-15(14)8-13)19(22)4-6-27(7-5-19)12-18(20)21/h2-3,8-11,18H,4-7,12,23-24H2,1H3/b16-10-. The van der Waals surface area contributed by atoms with Crippen LogP contribution < -0.4 is 11.6 Å². The molecule has 0 unspecified atom stereocenters. The van der Waals surface area contributed by atoms with Gasteiger partial charge in [-0.05, 0) is 30.4 Å². The third kappa shape index (κ3) is 4.17. The number of hydrogen-bond acceptors (Lipinski definition) is 5. The van der Waals surface area contributed by atoms with Gasteiger partial charge in [0.25, 0.3) is 6.43 Å². The summed E-state index contributed by atoms with van der Waals surface area (Å²) < 4.78 is 40.5. The molecule has 1 fully saturated rings. The molecule has 1 aromatic heterocycles. The Morgan fingerprint density at radius 2 is 2.00 bits per heavy atom. The van der Waals surface area contributed by atoms with E-state index in [0.717, 1.165) is 16.3 Å². The Hall–Kier alpha value is -2.32. The fourth-order valence-corrected chi connectivity index (χ4v) is 3.50. The van der Waals surface area contributed by atoms with E-state index in [9.17, 15) is 8.78 Å². The summed E-state index contributed by atoms with van der Waals surface area (Å²) in [6, 6.07) is 7.37. The molecule has 0 radical (unpaired) electrons. The number of likely N-dealkylation sites (tertiary alicyclic amines) is 1. The summed E-state index contributed by atoms with van der Waals surface area (Å²) in [6.45, 7) is 0.267. The Morgan fingerprint density at radius 3 is 2.59 bits per heavy atom. The Balaban J connectivity index is 1.87. The Bertz CT molecular complexity index is 829. The second-order valence-corrected chi connectivity index (χ2v) is 6.95. The number of rotatable bonds is 5. The maximum absolute atomic E-state index is 15.5. The van der Waals surface area contributed by atoms with Crippen LogP contribution >= 0.6 is 0 Å². The zero-order valence-corrected chi connectivity index (χ0v) is 15.2. The minimum absolute atomic E-state index is 0.150. The summed E-state index contributed by atoms with van der Waals surface area (Å²) in [5.74, 6) is 5.79. The quantitative estimate of drug-likeness (QED) is 0.618. The first-order chi connectivity index (χ1) is 12.8. The van der Waals surface area contributed by atoms with Gasteiger partial charge in [-0.15, -0.1) is 0 Å². The highest BCUT2D eigenvalue weighted by Gasteiger charge is 2.38. The Labute approximate surface area is 156 Å². The van der Waals surface area contributed by atoms with E-state index in [1.54, 1.807) is 24.2 Å². The van der Waals surface area contributed by atoms with E-state index in [2.05, 4.69) is 4.98 Å². The van der Waals surface area contributed by atoms with Crippen molar-refractivity contribution in [2.75, 3.05) is 26.7 Å². The summed E-state index contributed by atoms with van der Waals surface area (Å²) in [7, 11) is 1.69. The highest BCUT2D eigenvalue weighted by atomic mass is 19.3. The SMILES string of the molecule is CN(N)/C(=C\N)c1ccc2cnc(C3(F)CCN(CC(F)F)CC3)cc2c1. The van der Waals surface area contributed by atoms with Gasteiger partial charge in [0.1, 0.15) is 0 Å². The Kier molecular flexibility index (Phi) is 5.57. The van der Waals surface area contributed by atoms with Crippen molar-refractivity contribution < 1.29 is 13.2 Å². The minimum atomic E-state index is -2.40. The molecule has 0 atom stereocenters. The fourth-order valence-electron chi connectivity index (χ4n) is 3.50. The minimum Gasteiger partial charge on any atom is -0.403 e. The van der Waals surface area contributed by atoms with Crippen LogP contribution in [0, 0.1) is 0 Å². The first kappa shape index (κ1) is 19.4. The number of piperidine rings is 1. The van der Waals surface area contributed by atoms with E-state index >= 15 is 4.39 Å². The number of alkyl halides is 3. The molecule has 0 aliphatic carbocycles. The van der Waals surface area contributed by atoms with Crippen LogP contribution in [0.5, 0.6) is 0 Å². The molecule has 2 heterocycles. The van der Waals surface area contributed by atoms with Crippen LogP contribution in [0.4, 0.5) is 13.2 Å². The lowest BCUT2D eigenvalue weighted by atomic mass is 9.88. The molecule has 0 bridgehead atoms. The number of fused-ring (bicyclic) bond motifs is 1. The maximum Gasteiger partial charge on any atom is 0.251 e. The predicted octanol–water partition coefficient (Wildman–Crippen LogP) is 2.82. The maximum atomic E-state index is 15.5. The normalized spacial score (nSPS) is 18.2. The topological polar surface area (TPSA) is 71.4 Å². The van der Waals surface area contributed by atoms with Crippen molar-refractivity contribution in [3.63, 3.8) is 0 Å². The second-order valence-electron chi connectivity index (χ2n) is 6.95. The average Bonchev–Trinajstić information content (AvgIpc) is 2.63. The van der Waals surface area contributed by atoms with Gasteiger partial charge in [-0.2, -0.15) is 0 Å². The first-order valence-electron chi connectivity index (χ1n) is 8.83. The number of hydrogen-bond donors (Lipinski definition) is 2. The number of nitrogens with two attached hydrogens (primary N) is 2. The van der Waals surface area contributed by atoms with Crippen LogP contribution in [0.3, 0.4) is 0 Å². The number of pyridine rings is 1. The van der Waals surface area contributed by atoms with Crippen LogP contribution in [0.25, 0.3) is 16.5 Å². The lowest BCUT2D eigenvalue weighted by molar-refractivity contribution is 0.0197. The van der Waals surface area contributed by atoms with Gasteiger partial charge in [-0.3, -0.25) is 9.88 Å². The van der Waals surface area contributed by atoms with E-state index in [4.69, 9.17) is 11.6 Å². The molecule has 1 saturated heterocycles. The summed E-state index contributed by atoms with van der Waals surface area (Å²) in [6.07, 6.45) is 0.951. The molecule has 8 heteroatoms. The van der Waals surface area contributed by atoms with Crippen molar-refractivity contribution in [2.45, 2.75) is 24.9 Å². The van der Waals surface area contributed by atoms with Crippen LogP contribution in [-0.2, 0) is 5.67 Å². The van der Waals surface area contributed by atoms with Crippen LogP contribution in [0.15, 0.2) is 36.7 Å².